The van der Waals surface area contributed by atoms with Crippen molar-refractivity contribution in [3.05, 3.63) is 29.3 Å². The van der Waals surface area contributed by atoms with E-state index in [4.69, 9.17) is 0 Å². The Bertz CT molecular complexity index is 287. The van der Waals surface area contributed by atoms with E-state index in [-0.39, 0.29) is 0 Å². The molecule has 0 aliphatic heterocycles. The third-order valence-corrected chi connectivity index (χ3v) is 1.71. The number of carbonyl (C=O) groups is 1. The van der Waals surface area contributed by atoms with Crippen molar-refractivity contribution in [2.75, 3.05) is 5.32 Å². The Kier molecular flexibility index (Phi) is 2.33. The van der Waals surface area contributed by atoms with E-state index in [0.717, 1.165) is 11.1 Å². The summed E-state index contributed by atoms with van der Waals surface area (Å²) in [5, 5.41) is 12.5. The van der Waals surface area contributed by atoms with Gasteiger partial charge in [-0.05, 0) is 25.0 Å². The number of benzene rings is 1. The van der Waals surface area contributed by atoms with Crippen LogP contribution in [0.15, 0.2) is 18.2 Å². The minimum absolute atomic E-state index is 0.623. The molecular formula is C9H10NO2-. The Morgan fingerprint density at radius 2 is 1.83 bits per heavy atom. The lowest BCUT2D eigenvalue weighted by molar-refractivity contribution is -0.242. The summed E-state index contributed by atoms with van der Waals surface area (Å²) in [6, 6.07) is 5.57. The maximum absolute atomic E-state index is 10.3. The van der Waals surface area contributed by atoms with Gasteiger partial charge in [0.05, 0.1) is 0 Å². The Morgan fingerprint density at radius 1 is 1.33 bits per heavy atom. The highest BCUT2D eigenvalue weighted by molar-refractivity contribution is 5.83. The number of para-hydroxylation sites is 1. The highest BCUT2D eigenvalue weighted by atomic mass is 16.4. The Hall–Kier alpha value is -1.51. The smallest absolute Gasteiger partial charge is 0.138 e. The molecule has 0 heterocycles. The molecule has 3 heteroatoms. The van der Waals surface area contributed by atoms with Crippen LogP contribution in [0.2, 0.25) is 0 Å². The lowest BCUT2D eigenvalue weighted by atomic mass is 10.1. The van der Waals surface area contributed by atoms with Gasteiger partial charge in [-0.25, -0.2) is 0 Å². The number of rotatable bonds is 1. The molecule has 0 fully saturated rings. The fraction of sp³-hybridized carbons (Fsp3) is 0.222. The Labute approximate surface area is 71.0 Å². The molecule has 1 aromatic carbocycles. The third-order valence-electron chi connectivity index (χ3n) is 1.71. The molecule has 0 aliphatic carbocycles. The number of carboxylic acid groups (broad SMARTS) is 1. The van der Waals surface area contributed by atoms with Gasteiger partial charge in [-0.15, -0.1) is 0 Å². The standard InChI is InChI=1S/C9H11NO2/c1-6-4-3-5-7(2)8(6)10-9(11)12/h3-5,10H,1-2H3,(H,11,12)/p-1. The molecule has 0 saturated carbocycles. The lowest BCUT2D eigenvalue weighted by Crippen LogP contribution is -2.29. The van der Waals surface area contributed by atoms with Gasteiger partial charge in [-0.1, -0.05) is 18.2 Å². The highest BCUT2D eigenvalue weighted by Crippen LogP contribution is 2.18. The first-order chi connectivity index (χ1) is 5.61. The molecule has 1 aromatic rings. The first-order valence-electron chi connectivity index (χ1n) is 3.65. The molecule has 0 saturated heterocycles. The third kappa shape index (κ3) is 1.75. The molecule has 1 N–H and O–H groups in total. The highest BCUT2D eigenvalue weighted by Gasteiger charge is 1.99. The second-order valence-electron chi connectivity index (χ2n) is 2.68. The maximum Gasteiger partial charge on any atom is 0.138 e. The second-order valence-corrected chi connectivity index (χ2v) is 2.68. The van der Waals surface area contributed by atoms with Gasteiger partial charge < -0.3 is 15.2 Å². The first kappa shape index (κ1) is 8.59. The average molecular weight is 164 g/mol. The van der Waals surface area contributed by atoms with Crippen LogP contribution < -0.4 is 10.4 Å². The molecule has 0 aliphatic rings. The SMILES string of the molecule is Cc1cccc(C)c1NC(=O)[O-]. The summed E-state index contributed by atoms with van der Waals surface area (Å²) in [5.74, 6) is 0. The second kappa shape index (κ2) is 3.26. The molecule has 1 rings (SSSR count). The quantitative estimate of drug-likeness (QED) is 0.674. The van der Waals surface area contributed by atoms with Gasteiger partial charge in [0.15, 0.2) is 0 Å². The predicted molar refractivity (Wildman–Crippen MR) is 44.9 cm³/mol. The van der Waals surface area contributed by atoms with Crippen LogP contribution in [0.25, 0.3) is 0 Å². The molecule has 0 radical (unpaired) electrons. The van der Waals surface area contributed by atoms with E-state index < -0.39 is 6.09 Å². The van der Waals surface area contributed by atoms with Crippen LogP contribution in [0.1, 0.15) is 11.1 Å². The van der Waals surface area contributed by atoms with Gasteiger partial charge in [0.1, 0.15) is 6.09 Å². The van der Waals surface area contributed by atoms with E-state index in [0.29, 0.717) is 5.69 Å². The van der Waals surface area contributed by atoms with Crippen molar-refractivity contribution in [1.82, 2.24) is 0 Å². The van der Waals surface area contributed by atoms with Crippen LogP contribution in [0.5, 0.6) is 0 Å². The van der Waals surface area contributed by atoms with Gasteiger partial charge in [-0.3, -0.25) is 0 Å². The number of hydrogen-bond acceptors (Lipinski definition) is 2. The summed E-state index contributed by atoms with van der Waals surface area (Å²) < 4.78 is 0. The molecule has 1 amide bonds. The monoisotopic (exact) mass is 164 g/mol. The molecule has 0 aromatic heterocycles. The summed E-state index contributed by atoms with van der Waals surface area (Å²) in [6.45, 7) is 3.69. The zero-order chi connectivity index (χ0) is 9.14. The number of nitrogens with one attached hydrogen (secondary N) is 1. The zero-order valence-electron chi connectivity index (χ0n) is 7.05. The predicted octanol–water partition coefficient (Wildman–Crippen LogP) is 1.06. The number of amides is 1. The first-order valence-corrected chi connectivity index (χ1v) is 3.65. The minimum Gasteiger partial charge on any atom is -0.530 e. The van der Waals surface area contributed by atoms with E-state index in [1.807, 2.05) is 32.0 Å². The van der Waals surface area contributed by atoms with Gasteiger partial charge in [0.2, 0.25) is 0 Å². The van der Waals surface area contributed by atoms with Crippen LogP contribution in [0, 0.1) is 13.8 Å². The molecule has 3 nitrogen and oxygen atoms in total. The Balaban J connectivity index is 3.04. The summed E-state index contributed by atoms with van der Waals surface area (Å²) in [7, 11) is 0. The zero-order valence-corrected chi connectivity index (χ0v) is 7.05. The normalized spacial score (nSPS) is 9.50. The van der Waals surface area contributed by atoms with Gasteiger partial charge in [-0.2, -0.15) is 0 Å². The van der Waals surface area contributed by atoms with E-state index in [1.54, 1.807) is 0 Å². The van der Waals surface area contributed by atoms with E-state index >= 15 is 0 Å². The summed E-state index contributed by atoms with van der Waals surface area (Å²) in [6.07, 6.45) is -1.27. The van der Waals surface area contributed by atoms with Gasteiger partial charge in [0, 0.05) is 5.69 Å². The van der Waals surface area contributed by atoms with E-state index in [9.17, 15) is 9.90 Å². The van der Waals surface area contributed by atoms with E-state index in [1.165, 1.54) is 0 Å². The van der Waals surface area contributed by atoms with Crippen LogP contribution in [0.3, 0.4) is 0 Å². The number of hydrogen-bond donors (Lipinski definition) is 1. The summed E-state index contributed by atoms with van der Waals surface area (Å²) in [4.78, 5) is 10.3. The van der Waals surface area contributed by atoms with Crippen LogP contribution in [-0.2, 0) is 0 Å². The van der Waals surface area contributed by atoms with Crippen LogP contribution in [0.4, 0.5) is 10.5 Å². The summed E-state index contributed by atoms with van der Waals surface area (Å²) in [5.41, 5.74) is 2.43. The van der Waals surface area contributed by atoms with Crippen molar-refractivity contribution >= 4 is 11.8 Å². The van der Waals surface area contributed by atoms with Gasteiger partial charge in [0.25, 0.3) is 0 Å². The van der Waals surface area contributed by atoms with Crippen LogP contribution >= 0.6 is 0 Å². The fourth-order valence-corrected chi connectivity index (χ4v) is 1.11. The number of aryl methyl sites for hydroxylation is 2. The summed E-state index contributed by atoms with van der Waals surface area (Å²) >= 11 is 0. The topological polar surface area (TPSA) is 52.2 Å². The van der Waals surface area contributed by atoms with Crippen molar-refractivity contribution in [1.29, 1.82) is 0 Å². The Morgan fingerprint density at radius 3 is 2.25 bits per heavy atom. The molecule has 12 heavy (non-hydrogen) atoms. The number of carbonyl (C=O) groups excluding carboxylic acids is 1. The molecule has 0 unspecified atom stereocenters. The molecule has 64 valence electrons. The largest absolute Gasteiger partial charge is 0.530 e. The minimum atomic E-state index is -1.27. The lowest BCUT2D eigenvalue weighted by Gasteiger charge is -2.12. The number of anilines is 1. The van der Waals surface area contributed by atoms with Crippen molar-refractivity contribution < 1.29 is 9.90 Å². The van der Waals surface area contributed by atoms with Gasteiger partial charge >= 0.3 is 0 Å². The van der Waals surface area contributed by atoms with Crippen molar-refractivity contribution in [3.8, 4) is 0 Å². The van der Waals surface area contributed by atoms with Crippen molar-refractivity contribution in [2.24, 2.45) is 0 Å². The van der Waals surface area contributed by atoms with Crippen molar-refractivity contribution in [2.45, 2.75) is 13.8 Å². The van der Waals surface area contributed by atoms with Crippen molar-refractivity contribution in [3.63, 3.8) is 0 Å². The molecule has 0 spiro atoms. The maximum atomic E-state index is 10.3. The molecule has 0 bridgehead atoms. The fourth-order valence-electron chi connectivity index (χ4n) is 1.11. The molecule has 0 atom stereocenters. The molecular weight excluding hydrogens is 154 g/mol. The van der Waals surface area contributed by atoms with Crippen LogP contribution in [-0.4, -0.2) is 6.09 Å². The average Bonchev–Trinajstić information content (AvgIpc) is 1.97. The van der Waals surface area contributed by atoms with E-state index in [2.05, 4.69) is 5.32 Å².